The van der Waals surface area contributed by atoms with E-state index in [0.717, 1.165) is 0 Å². The van der Waals surface area contributed by atoms with E-state index in [1.807, 2.05) is 6.07 Å². The first-order valence-corrected chi connectivity index (χ1v) is 5.39. The highest BCUT2D eigenvalue weighted by Crippen LogP contribution is 2.28. The van der Waals surface area contributed by atoms with Crippen molar-refractivity contribution in [2.75, 3.05) is 13.7 Å². The lowest BCUT2D eigenvalue weighted by Gasteiger charge is -2.17. The van der Waals surface area contributed by atoms with E-state index < -0.39 is 5.60 Å². The van der Waals surface area contributed by atoms with Gasteiger partial charge in [-0.3, -0.25) is 0 Å². The molecule has 0 fully saturated rings. The third-order valence-corrected chi connectivity index (χ3v) is 2.26. The number of rotatable bonds is 5. The number of hydrogen-bond acceptors (Lipinski definition) is 4. The van der Waals surface area contributed by atoms with Crippen LogP contribution in [0, 0.1) is 11.3 Å². The highest BCUT2D eigenvalue weighted by molar-refractivity contribution is 5.46. The topological polar surface area (TPSA) is 62.5 Å². The first-order chi connectivity index (χ1) is 7.96. The van der Waals surface area contributed by atoms with Crippen molar-refractivity contribution >= 4 is 0 Å². The van der Waals surface area contributed by atoms with Gasteiger partial charge in [-0.25, -0.2) is 0 Å². The van der Waals surface area contributed by atoms with E-state index >= 15 is 0 Å². The predicted octanol–water partition coefficient (Wildman–Crippen LogP) is 2.11. The first-order valence-electron chi connectivity index (χ1n) is 5.39. The molecule has 1 rings (SSSR count). The molecule has 0 aliphatic rings. The average molecular weight is 235 g/mol. The van der Waals surface area contributed by atoms with Gasteiger partial charge in [0.1, 0.15) is 0 Å². The summed E-state index contributed by atoms with van der Waals surface area (Å²) in [5, 5.41) is 18.3. The van der Waals surface area contributed by atoms with Crippen molar-refractivity contribution in [1.82, 2.24) is 0 Å². The Kier molecular flexibility index (Phi) is 4.36. The fourth-order valence-electron chi connectivity index (χ4n) is 1.27. The molecule has 92 valence electrons. The van der Waals surface area contributed by atoms with Crippen molar-refractivity contribution in [1.29, 1.82) is 5.26 Å². The maximum atomic E-state index is 9.55. The first kappa shape index (κ1) is 13.3. The van der Waals surface area contributed by atoms with Crippen LogP contribution in [0.25, 0.3) is 0 Å². The lowest BCUT2D eigenvalue weighted by Crippen LogP contribution is -2.21. The largest absolute Gasteiger partial charge is 0.493 e. The van der Waals surface area contributed by atoms with E-state index in [9.17, 15) is 5.11 Å². The summed E-state index contributed by atoms with van der Waals surface area (Å²) in [6.45, 7) is 3.85. The van der Waals surface area contributed by atoms with E-state index in [-0.39, 0.29) is 0 Å². The molecule has 1 aromatic rings. The number of aliphatic hydroxyl groups is 1. The summed E-state index contributed by atoms with van der Waals surface area (Å²) in [7, 11) is 1.53. The number of benzene rings is 1. The molecular weight excluding hydrogens is 218 g/mol. The molecule has 0 spiro atoms. The lowest BCUT2D eigenvalue weighted by atomic mass is 10.1. The molecule has 4 nitrogen and oxygen atoms in total. The summed E-state index contributed by atoms with van der Waals surface area (Å²) < 4.78 is 10.6. The molecule has 0 aliphatic carbocycles. The van der Waals surface area contributed by atoms with Gasteiger partial charge in [-0.1, -0.05) is 0 Å². The lowest BCUT2D eigenvalue weighted by molar-refractivity contribution is 0.0549. The molecule has 0 saturated carbocycles. The SMILES string of the molecule is COc1cc(C#N)ccc1OCCC(C)(C)O. The Hall–Kier alpha value is -1.73. The van der Waals surface area contributed by atoms with Gasteiger partial charge in [0.2, 0.25) is 0 Å². The van der Waals surface area contributed by atoms with Crippen LogP contribution in [-0.2, 0) is 0 Å². The van der Waals surface area contributed by atoms with Crippen molar-refractivity contribution in [2.45, 2.75) is 25.9 Å². The van der Waals surface area contributed by atoms with Crippen LogP contribution in [0.4, 0.5) is 0 Å². The molecule has 0 atom stereocenters. The Morgan fingerprint density at radius 2 is 2.06 bits per heavy atom. The van der Waals surface area contributed by atoms with Gasteiger partial charge in [0, 0.05) is 12.5 Å². The molecule has 0 amide bonds. The van der Waals surface area contributed by atoms with Gasteiger partial charge in [-0.05, 0) is 26.0 Å². The van der Waals surface area contributed by atoms with Gasteiger partial charge in [0.15, 0.2) is 11.5 Å². The number of nitriles is 1. The third kappa shape index (κ3) is 4.33. The van der Waals surface area contributed by atoms with Gasteiger partial charge in [0.25, 0.3) is 0 Å². The van der Waals surface area contributed by atoms with E-state index in [1.54, 1.807) is 32.0 Å². The summed E-state index contributed by atoms with van der Waals surface area (Å²) in [6, 6.07) is 7.02. The van der Waals surface area contributed by atoms with E-state index in [2.05, 4.69) is 0 Å². The summed E-state index contributed by atoms with van der Waals surface area (Å²) >= 11 is 0. The molecule has 17 heavy (non-hydrogen) atoms. The quantitative estimate of drug-likeness (QED) is 0.849. The Bertz CT molecular complexity index is 416. The Morgan fingerprint density at radius 3 is 2.59 bits per heavy atom. The van der Waals surface area contributed by atoms with Crippen LogP contribution in [0.15, 0.2) is 18.2 Å². The number of hydrogen-bond donors (Lipinski definition) is 1. The standard InChI is InChI=1S/C13H17NO3/c1-13(2,15)6-7-17-11-5-4-10(9-14)8-12(11)16-3/h4-5,8,15H,6-7H2,1-3H3. The molecule has 1 N–H and O–H groups in total. The smallest absolute Gasteiger partial charge is 0.162 e. The minimum atomic E-state index is -0.750. The highest BCUT2D eigenvalue weighted by Gasteiger charge is 2.13. The Labute approximate surface area is 101 Å². The van der Waals surface area contributed by atoms with Crippen LogP contribution in [0.2, 0.25) is 0 Å². The fraction of sp³-hybridized carbons (Fsp3) is 0.462. The minimum Gasteiger partial charge on any atom is -0.493 e. The molecule has 1 aromatic carbocycles. The second-order valence-corrected chi connectivity index (χ2v) is 4.39. The van der Waals surface area contributed by atoms with Crippen LogP contribution in [0.5, 0.6) is 11.5 Å². The molecule has 0 radical (unpaired) electrons. The molecular formula is C13H17NO3. The molecule has 0 heterocycles. The van der Waals surface area contributed by atoms with Crippen LogP contribution in [0.1, 0.15) is 25.8 Å². The predicted molar refractivity (Wildman–Crippen MR) is 64.1 cm³/mol. The molecule has 0 saturated heterocycles. The fourth-order valence-corrected chi connectivity index (χ4v) is 1.27. The second-order valence-electron chi connectivity index (χ2n) is 4.39. The minimum absolute atomic E-state index is 0.395. The van der Waals surface area contributed by atoms with Crippen molar-refractivity contribution in [3.05, 3.63) is 23.8 Å². The van der Waals surface area contributed by atoms with Gasteiger partial charge < -0.3 is 14.6 Å². The van der Waals surface area contributed by atoms with Crippen molar-refractivity contribution in [2.24, 2.45) is 0 Å². The Balaban J connectivity index is 2.68. The highest BCUT2D eigenvalue weighted by atomic mass is 16.5. The van der Waals surface area contributed by atoms with Gasteiger partial charge in [-0.15, -0.1) is 0 Å². The summed E-state index contributed by atoms with van der Waals surface area (Å²) in [5.41, 5.74) is -0.225. The average Bonchev–Trinajstić information content (AvgIpc) is 2.27. The van der Waals surface area contributed by atoms with E-state index in [0.29, 0.717) is 30.1 Å². The van der Waals surface area contributed by atoms with Gasteiger partial charge in [-0.2, -0.15) is 5.26 Å². The molecule has 0 unspecified atom stereocenters. The third-order valence-electron chi connectivity index (χ3n) is 2.26. The van der Waals surface area contributed by atoms with Gasteiger partial charge in [0.05, 0.1) is 31.0 Å². The van der Waals surface area contributed by atoms with E-state index in [1.165, 1.54) is 7.11 Å². The zero-order valence-electron chi connectivity index (χ0n) is 10.4. The maximum Gasteiger partial charge on any atom is 0.162 e. The molecule has 0 aliphatic heterocycles. The van der Waals surface area contributed by atoms with Crippen LogP contribution in [-0.4, -0.2) is 24.4 Å². The van der Waals surface area contributed by atoms with E-state index in [4.69, 9.17) is 14.7 Å². The zero-order chi connectivity index (χ0) is 12.9. The second kappa shape index (κ2) is 5.55. The van der Waals surface area contributed by atoms with Crippen LogP contribution in [0.3, 0.4) is 0 Å². The summed E-state index contributed by atoms with van der Waals surface area (Å²) in [4.78, 5) is 0. The summed E-state index contributed by atoms with van der Waals surface area (Å²) in [6.07, 6.45) is 0.524. The molecule has 0 aromatic heterocycles. The summed E-state index contributed by atoms with van der Waals surface area (Å²) in [5.74, 6) is 1.11. The van der Waals surface area contributed by atoms with Crippen molar-refractivity contribution in [3.63, 3.8) is 0 Å². The maximum absolute atomic E-state index is 9.55. The van der Waals surface area contributed by atoms with Crippen LogP contribution >= 0.6 is 0 Å². The van der Waals surface area contributed by atoms with Crippen LogP contribution < -0.4 is 9.47 Å². The zero-order valence-corrected chi connectivity index (χ0v) is 10.4. The number of methoxy groups -OCH3 is 1. The van der Waals surface area contributed by atoms with Crippen molar-refractivity contribution in [3.8, 4) is 17.6 Å². The number of ether oxygens (including phenoxy) is 2. The molecule has 0 bridgehead atoms. The normalized spacial score (nSPS) is 10.8. The monoisotopic (exact) mass is 235 g/mol. The molecule has 4 heteroatoms. The number of nitrogens with zero attached hydrogens (tertiary/aromatic N) is 1. The van der Waals surface area contributed by atoms with Crippen molar-refractivity contribution < 1.29 is 14.6 Å². The van der Waals surface area contributed by atoms with Gasteiger partial charge >= 0.3 is 0 Å². The Morgan fingerprint density at radius 1 is 1.35 bits per heavy atom.